The Bertz CT molecular complexity index is 436. The molecule has 2 nitrogen and oxygen atoms in total. The van der Waals surface area contributed by atoms with Gasteiger partial charge < -0.3 is 0 Å². The monoisotopic (exact) mass is 267 g/mol. The molecule has 0 N–H and O–H groups in total. The number of ketones is 1. The predicted octanol–water partition coefficient (Wildman–Crippen LogP) is 3.14. The largest absolute Gasteiger partial charge is 0.288 e. The first-order valence-corrected chi connectivity index (χ1v) is 5.55. The number of halogens is 1. The molecule has 0 saturated heterocycles. The lowest BCUT2D eigenvalue weighted by Crippen LogP contribution is -1.97. The van der Waals surface area contributed by atoms with E-state index in [0.29, 0.717) is 10.4 Å². The summed E-state index contributed by atoms with van der Waals surface area (Å²) in [6.45, 7) is 0. The van der Waals surface area contributed by atoms with E-state index in [9.17, 15) is 4.79 Å². The lowest BCUT2D eigenvalue weighted by Gasteiger charge is -1.96. The zero-order valence-electron chi connectivity index (χ0n) is 7.11. The van der Waals surface area contributed by atoms with Crippen LogP contribution in [0, 0.1) is 0 Å². The summed E-state index contributed by atoms with van der Waals surface area (Å²) < 4.78 is 4.87. The Morgan fingerprint density at radius 3 is 2.50 bits per heavy atom. The Labute approximate surface area is 93.9 Å². The maximum Gasteiger partial charge on any atom is 0.204 e. The zero-order valence-corrected chi connectivity index (χ0v) is 9.51. The van der Waals surface area contributed by atoms with E-state index >= 15 is 0 Å². The quantitative estimate of drug-likeness (QED) is 0.783. The van der Waals surface area contributed by atoms with Crippen molar-refractivity contribution in [1.29, 1.82) is 0 Å². The van der Waals surface area contributed by atoms with Crippen LogP contribution in [0.4, 0.5) is 0 Å². The highest BCUT2D eigenvalue weighted by Crippen LogP contribution is 2.15. The summed E-state index contributed by atoms with van der Waals surface area (Å²) in [4.78, 5) is 12.4. The molecule has 0 atom stereocenters. The highest BCUT2D eigenvalue weighted by molar-refractivity contribution is 9.10. The molecular formula is C10H6BrNOS. The number of hydrogen-bond donors (Lipinski definition) is 0. The van der Waals surface area contributed by atoms with Crippen LogP contribution in [0.2, 0.25) is 0 Å². The van der Waals surface area contributed by atoms with Crippen LogP contribution in [0.3, 0.4) is 0 Å². The molecule has 2 rings (SSSR count). The second-order valence-corrected chi connectivity index (χ2v) is 4.46. The molecule has 70 valence electrons. The highest BCUT2D eigenvalue weighted by atomic mass is 79.9. The van der Waals surface area contributed by atoms with Crippen LogP contribution in [-0.4, -0.2) is 10.2 Å². The number of benzene rings is 1. The molecule has 1 aromatic carbocycles. The smallest absolute Gasteiger partial charge is 0.204 e. The third-order valence-electron chi connectivity index (χ3n) is 1.77. The van der Waals surface area contributed by atoms with Crippen LogP contribution < -0.4 is 0 Å². The molecule has 0 aliphatic carbocycles. The van der Waals surface area contributed by atoms with Crippen LogP contribution in [-0.2, 0) is 0 Å². The average Bonchev–Trinajstić information content (AvgIpc) is 2.71. The van der Waals surface area contributed by atoms with Crippen LogP contribution in [0.5, 0.6) is 0 Å². The van der Waals surface area contributed by atoms with Gasteiger partial charge >= 0.3 is 0 Å². The summed E-state index contributed by atoms with van der Waals surface area (Å²) >= 11 is 4.54. The van der Waals surface area contributed by atoms with Crippen molar-refractivity contribution in [3.05, 3.63) is 51.4 Å². The van der Waals surface area contributed by atoms with Crippen LogP contribution in [0.25, 0.3) is 0 Å². The molecule has 0 unspecified atom stereocenters. The minimum Gasteiger partial charge on any atom is -0.288 e. The molecule has 0 saturated carbocycles. The molecule has 0 aliphatic rings. The van der Waals surface area contributed by atoms with Crippen LogP contribution in [0.15, 0.2) is 41.0 Å². The maximum absolute atomic E-state index is 11.8. The number of carbonyl (C=O) groups is 1. The standard InChI is InChI=1S/C10H6BrNOS/c11-8-3-1-7(2-4-8)10(13)9-5-6-12-14-9/h1-6H. The first kappa shape index (κ1) is 9.55. The minimum absolute atomic E-state index is 0.0278. The van der Waals surface area contributed by atoms with Gasteiger partial charge in [-0.15, -0.1) is 0 Å². The number of carbonyl (C=O) groups excluding carboxylic acids is 1. The number of aromatic nitrogens is 1. The second-order valence-electron chi connectivity index (χ2n) is 2.71. The molecule has 0 bridgehead atoms. The molecule has 0 spiro atoms. The molecule has 0 aliphatic heterocycles. The van der Waals surface area contributed by atoms with E-state index in [1.54, 1.807) is 24.4 Å². The van der Waals surface area contributed by atoms with Crippen molar-refractivity contribution in [2.24, 2.45) is 0 Å². The summed E-state index contributed by atoms with van der Waals surface area (Å²) in [6.07, 6.45) is 1.64. The molecule has 4 heteroatoms. The van der Waals surface area contributed by atoms with E-state index in [4.69, 9.17) is 0 Å². The van der Waals surface area contributed by atoms with E-state index in [1.807, 2.05) is 12.1 Å². The third kappa shape index (κ3) is 1.91. The van der Waals surface area contributed by atoms with Crippen molar-refractivity contribution < 1.29 is 4.79 Å². The molecule has 0 fully saturated rings. The first-order chi connectivity index (χ1) is 6.77. The molecule has 0 amide bonds. The summed E-state index contributed by atoms with van der Waals surface area (Å²) in [7, 11) is 0. The fourth-order valence-electron chi connectivity index (χ4n) is 1.08. The van der Waals surface area contributed by atoms with Gasteiger partial charge in [-0.05, 0) is 41.9 Å². The summed E-state index contributed by atoms with van der Waals surface area (Å²) in [5, 5.41) is 0. The topological polar surface area (TPSA) is 30.0 Å². The van der Waals surface area contributed by atoms with Gasteiger partial charge in [-0.2, -0.15) is 0 Å². The van der Waals surface area contributed by atoms with Crippen molar-refractivity contribution in [2.45, 2.75) is 0 Å². The van der Waals surface area contributed by atoms with Gasteiger partial charge in [-0.25, -0.2) is 4.37 Å². The molecule has 2 aromatic rings. The molecule has 0 radical (unpaired) electrons. The van der Waals surface area contributed by atoms with Crippen molar-refractivity contribution in [2.75, 3.05) is 0 Å². The summed E-state index contributed by atoms with van der Waals surface area (Å²) in [6, 6.07) is 9.04. The van der Waals surface area contributed by atoms with Gasteiger partial charge in [-0.1, -0.05) is 15.9 Å². The second kappa shape index (κ2) is 4.02. The average molecular weight is 268 g/mol. The van der Waals surface area contributed by atoms with E-state index in [-0.39, 0.29) is 5.78 Å². The Hall–Kier alpha value is -1.00. The van der Waals surface area contributed by atoms with Gasteiger partial charge in [0.05, 0.1) is 4.88 Å². The van der Waals surface area contributed by atoms with Crippen LogP contribution in [0.1, 0.15) is 15.2 Å². The minimum atomic E-state index is 0.0278. The van der Waals surface area contributed by atoms with Gasteiger partial charge in [0.25, 0.3) is 0 Å². The van der Waals surface area contributed by atoms with Gasteiger partial charge in [0, 0.05) is 16.2 Å². The lowest BCUT2D eigenvalue weighted by molar-refractivity contribution is 0.104. The van der Waals surface area contributed by atoms with E-state index in [2.05, 4.69) is 20.3 Å². The van der Waals surface area contributed by atoms with Gasteiger partial charge in [0.15, 0.2) is 0 Å². The zero-order chi connectivity index (χ0) is 9.97. The third-order valence-corrected chi connectivity index (χ3v) is 3.04. The lowest BCUT2D eigenvalue weighted by atomic mass is 10.1. The van der Waals surface area contributed by atoms with Gasteiger partial charge in [0.1, 0.15) is 0 Å². The Balaban J connectivity index is 2.33. The first-order valence-electron chi connectivity index (χ1n) is 3.98. The van der Waals surface area contributed by atoms with Gasteiger partial charge in [-0.3, -0.25) is 4.79 Å². The van der Waals surface area contributed by atoms with E-state index in [0.717, 1.165) is 4.47 Å². The van der Waals surface area contributed by atoms with Crippen molar-refractivity contribution in [3.8, 4) is 0 Å². The Kier molecular flexibility index (Phi) is 2.74. The van der Waals surface area contributed by atoms with E-state index in [1.165, 1.54) is 11.5 Å². The molecule has 1 aromatic heterocycles. The number of nitrogens with zero attached hydrogens (tertiary/aromatic N) is 1. The van der Waals surface area contributed by atoms with Crippen molar-refractivity contribution in [3.63, 3.8) is 0 Å². The molecule has 1 heterocycles. The SMILES string of the molecule is O=C(c1ccc(Br)cc1)c1ccns1. The predicted molar refractivity (Wildman–Crippen MR) is 59.7 cm³/mol. The number of rotatable bonds is 2. The van der Waals surface area contributed by atoms with Crippen LogP contribution >= 0.6 is 27.5 Å². The molecule has 14 heavy (non-hydrogen) atoms. The van der Waals surface area contributed by atoms with Crippen molar-refractivity contribution in [1.82, 2.24) is 4.37 Å². The molecular weight excluding hydrogens is 262 g/mol. The summed E-state index contributed by atoms with van der Waals surface area (Å²) in [5.41, 5.74) is 0.692. The normalized spacial score (nSPS) is 10.1. The Morgan fingerprint density at radius 1 is 1.21 bits per heavy atom. The summed E-state index contributed by atoms with van der Waals surface area (Å²) in [5.74, 6) is 0.0278. The maximum atomic E-state index is 11.8. The number of hydrogen-bond acceptors (Lipinski definition) is 3. The fraction of sp³-hybridized carbons (Fsp3) is 0. The van der Waals surface area contributed by atoms with Crippen molar-refractivity contribution >= 4 is 33.2 Å². The van der Waals surface area contributed by atoms with E-state index < -0.39 is 0 Å². The van der Waals surface area contributed by atoms with Gasteiger partial charge in [0.2, 0.25) is 5.78 Å². The Morgan fingerprint density at radius 2 is 1.93 bits per heavy atom. The highest BCUT2D eigenvalue weighted by Gasteiger charge is 2.09. The fourth-order valence-corrected chi connectivity index (χ4v) is 1.90.